The van der Waals surface area contributed by atoms with Gasteiger partial charge in [0.2, 0.25) is 0 Å². The van der Waals surface area contributed by atoms with E-state index in [4.69, 9.17) is 56.4 Å². The van der Waals surface area contributed by atoms with Crippen molar-refractivity contribution in [2.45, 2.75) is 201 Å². The van der Waals surface area contributed by atoms with Crippen molar-refractivity contribution in [2.24, 2.45) is 17.8 Å². The lowest BCUT2D eigenvalue weighted by Gasteiger charge is -2.47. The molecule has 72 heavy (non-hydrogen) atoms. The van der Waals surface area contributed by atoms with Crippen molar-refractivity contribution in [3.05, 3.63) is 85.5 Å². The number of allylic oxidation sites excluding steroid dienone is 4. The van der Waals surface area contributed by atoms with Gasteiger partial charge < -0.3 is 63.8 Å². The van der Waals surface area contributed by atoms with Gasteiger partial charge >= 0.3 is 17.9 Å². The van der Waals surface area contributed by atoms with E-state index < -0.39 is 109 Å². The van der Waals surface area contributed by atoms with Gasteiger partial charge in [-0.3, -0.25) is 4.79 Å². The minimum atomic E-state index is -1.59. The van der Waals surface area contributed by atoms with Crippen molar-refractivity contribution in [1.29, 1.82) is 0 Å². The van der Waals surface area contributed by atoms with Crippen molar-refractivity contribution in [2.75, 3.05) is 6.61 Å². The second-order valence-electron chi connectivity index (χ2n) is 20.3. The van der Waals surface area contributed by atoms with Gasteiger partial charge in [0.1, 0.15) is 41.3 Å². The Bertz CT molecular complexity index is 2210. The minimum Gasteiger partial charge on any atom is -0.505 e. The highest BCUT2D eigenvalue weighted by atomic mass is 35.5. The standard InChI is InChI=1S/C54H78Cl2O16/c1-14-34-24-28(6)37(58)19-17-16-18-35(25-66-52-31(9)43(60)48(33(11)67-52)70-51(65)40-36(15-2)41(55)30(8)42(56)44(40)61)50(64)68-38(32(10)57)21-20-27(5)23-29(7)47(34)71-53-46(63)45(62)49(54(12,13)72-53)69-39(59)22-26(3)4/h16-18,20,23-24,26,31-34,37-38,43,45-49,52-53,57-58,60-63H,14-15,19,21-22,25H2,1-13H3/b17-16+,27-20+,28-24+,29-23+,35-18+. The average molecular weight is 1050 g/mol. The Morgan fingerprint density at radius 3 is 2.19 bits per heavy atom. The molecule has 3 aliphatic rings. The molecule has 3 heterocycles. The van der Waals surface area contributed by atoms with Crippen LogP contribution in [0.1, 0.15) is 130 Å². The van der Waals surface area contributed by atoms with Crippen molar-refractivity contribution >= 4 is 41.1 Å². The second-order valence-corrected chi connectivity index (χ2v) is 21.1. The van der Waals surface area contributed by atoms with E-state index in [1.54, 1.807) is 66.7 Å². The first-order valence-electron chi connectivity index (χ1n) is 24.9. The number of cyclic esters (lactones) is 1. The number of benzene rings is 1. The third kappa shape index (κ3) is 15.2. The molecule has 3 aliphatic heterocycles. The quantitative estimate of drug-likeness (QED) is 0.0627. The summed E-state index contributed by atoms with van der Waals surface area (Å²) in [6, 6.07) is 0. The highest BCUT2D eigenvalue weighted by molar-refractivity contribution is 6.38. The van der Waals surface area contributed by atoms with Crippen molar-refractivity contribution in [1.82, 2.24) is 0 Å². The first-order valence-corrected chi connectivity index (χ1v) is 25.6. The van der Waals surface area contributed by atoms with E-state index in [1.807, 2.05) is 46.8 Å². The van der Waals surface area contributed by atoms with Crippen LogP contribution < -0.4 is 0 Å². The number of carbonyl (C=O) groups excluding carboxylic acids is 3. The predicted molar refractivity (Wildman–Crippen MR) is 271 cm³/mol. The molecule has 14 atom stereocenters. The van der Waals surface area contributed by atoms with Crippen LogP contribution >= 0.6 is 23.2 Å². The molecular weight excluding hydrogens is 975 g/mol. The molecule has 6 N–H and O–H groups in total. The van der Waals surface area contributed by atoms with Crippen LogP contribution in [0.2, 0.25) is 10.0 Å². The predicted octanol–water partition coefficient (Wildman–Crippen LogP) is 7.85. The SMILES string of the molecule is CCc1c(Cl)c(C)c(Cl)c(O)c1C(=O)OC1C(C)OC(OC/C2=C\C=C\CC(O)/C(C)=C/C(CC)C(OC3OC(C)(C)C(OC(=O)CC(C)C)C(O)C3O)/C(C)=C/C(C)=C/CC(C(C)O)OC2=O)C(C)C1O. The first-order chi connectivity index (χ1) is 33.6. The fraction of sp³-hybridized carbons (Fsp3) is 0.648. The fourth-order valence-electron chi connectivity index (χ4n) is 8.98. The molecular formula is C54H78Cl2O16. The van der Waals surface area contributed by atoms with E-state index in [1.165, 1.54) is 13.0 Å². The molecule has 4 rings (SSSR count). The van der Waals surface area contributed by atoms with Crippen molar-refractivity contribution < 1.29 is 78.2 Å². The molecule has 16 nitrogen and oxygen atoms in total. The number of halogens is 2. The number of hydrogen-bond acceptors (Lipinski definition) is 16. The molecule has 2 fully saturated rings. The Balaban J connectivity index is 1.58. The Morgan fingerprint density at radius 1 is 0.917 bits per heavy atom. The number of aliphatic hydroxyl groups is 5. The molecule has 0 aromatic heterocycles. The van der Waals surface area contributed by atoms with E-state index in [0.717, 1.165) is 5.57 Å². The zero-order valence-electron chi connectivity index (χ0n) is 43.9. The smallest absolute Gasteiger partial charge is 0.342 e. The summed E-state index contributed by atoms with van der Waals surface area (Å²) in [5.41, 5.74) is 1.35. The van der Waals surface area contributed by atoms with Crippen LogP contribution in [0.4, 0.5) is 0 Å². The molecule has 0 spiro atoms. The monoisotopic (exact) mass is 1050 g/mol. The molecule has 0 amide bonds. The second kappa shape index (κ2) is 26.7. The molecule has 2 saturated heterocycles. The first kappa shape index (κ1) is 60.9. The van der Waals surface area contributed by atoms with Crippen LogP contribution in [0.25, 0.3) is 0 Å². The molecule has 1 aromatic rings. The summed E-state index contributed by atoms with van der Waals surface area (Å²) >= 11 is 12.8. The van der Waals surface area contributed by atoms with Crippen LogP contribution in [-0.4, -0.2) is 134 Å². The average Bonchev–Trinajstić information content (AvgIpc) is 3.31. The number of phenols is 1. The minimum absolute atomic E-state index is 0.0162. The van der Waals surface area contributed by atoms with Gasteiger partial charge in [-0.25, -0.2) is 9.59 Å². The maximum Gasteiger partial charge on any atom is 0.342 e. The largest absolute Gasteiger partial charge is 0.505 e. The number of aliphatic hydroxyl groups excluding tert-OH is 5. The lowest BCUT2D eigenvalue weighted by molar-refractivity contribution is -0.333. The maximum atomic E-state index is 13.9. The van der Waals surface area contributed by atoms with Gasteiger partial charge in [0, 0.05) is 29.7 Å². The van der Waals surface area contributed by atoms with Crippen LogP contribution in [0.3, 0.4) is 0 Å². The molecule has 1 aromatic carbocycles. The number of hydrogen-bond donors (Lipinski definition) is 6. The Labute approximate surface area is 434 Å². The summed E-state index contributed by atoms with van der Waals surface area (Å²) < 4.78 is 42.3. The van der Waals surface area contributed by atoms with Crippen LogP contribution in [0, 0.1) is 24.7 Å². The van der Waals surface area contributed by atoms with Crippen LogP contribution in [0.15, 0.2) is 58.7 Å². The number of phenolic OH excluding ortho intramolecular Hbond substituents is 1. The summed E-state index contributed by atoms with van der Waals surface area (Å²) in [5.74, 6) is -3.93. The molecule has 404 valence electrons. The van der Waals surface area contributed by atoms with E-state index in [0.29, 0.717) is 28.7 Å². The van der Waals surface area contributed by atoms with Crippen LogP contribution in [0.5, 0.6) is 5.75 Å². The summed E-state index contributed by atoms with van der Waals surface area (Å²) in [6.07, 6.45) is -2.59. The Kier molecular flexibility index (Phi) is 22.6. The zero-order valence-corrected chi connectivity index (χ0v) is 45.4. The number of rotatable bonds is 13. The van der Waals surface area contributed by atoms with E-state index >= 15 is 0 Å². The van der Waals surface area contributed by atoms with Gasteiger partial charge in [-0.05, 0) is 109 Å². The summed E-state index contributed by atoms with van der Waals surface area (Å²) in [6.45, 7) is 22.2. The van der Waals surface area contributed by atoms with Crippen molar-refractivity contribution in [3.63, 3.8) is 0 Å². The van der Waals surface area contributed by atoms with Crippen molar-refractivity contribution in [3.8, 4) is 5.75 Å². The summed E-state index contributed by atoms with van der Waals surface area (Å²) in [5, 5.41) is 67.4. The lowest BCUT2D eigenvalue weighted by Crippen LogP contribution is -2.64. The summed E-state index contributed by atoms with van der Waals surface area (Å²) in [7, 11) is 0. The Morgan fingerprint density at radius 2 is 1.58 bits per heavy atom. The van der Waals surface area contributed by atoms with Crippen LogP contribution in [-0.2, 0) is 49.2 Å². The van der Waals surface area contributed by atoms with Gasteiger partial charge in [0.05, 0.1) is 41.6 Å². The number of esters is 3. The molecule has 0 saturated carbocycles. The third-order valence-corrected chi connectivity index (χ3v) is 14.4. The van der Waals surface area contributed by atoms with E-state index in [2.05, 4.69) is 0 Å². The number of aromatic hydroxyl groups is 1. The van der Waals surface area contributed by atoms with Gasteiger partial charge in [0.15, 0.2) is 24.8 Å². The highest BCUT2D eigenvalue weighted by Crippen LogP contribution is 2.41. The number of carbonyl (C=O) groups is 3. The molecule has 0 bridgehead atoms. The summed E-state index contributed by atoms with van der Waals surface area (Å²) in [4.78, 5) is 40.1. The topological polar surface area (TPSA) is 237 Å². The van der Waals surface area contributed by atoms with Gasteiger partial charge in [-0.15, -0.1) is 0 Å². The number of ether oxygens (including phenoxy) is 7. The normalized spacial score (nSPS) is 34.8. The highest BCUT2D eigenvalue weighted by Gasteiger charge is 2.53. The van der Waals surface area contributed by atoms with Gasteiger partial charge in [-0.2, -0.15) is 0 Å². The van der Waals surface area contributed by atoms with Gasteiger partial charge in [0.25, 0.3) is 0 Å². The molecule has 18 heteroatoms. The molecule has 14 unspecified atom stereocenters. The maximum absolute atomic E-state index is 13.9. The molecule has 0 aliphatic carbocycles. The van der Waals surface area contributed by atoms with Gasteiger partial charge in [-0.1, -0.05) is 93.8 Å². The zero-order chi connectivity index (χ0) is 54.1. The third-order valence-electron chi connectivity index (χ3n) is 13.4. The molecule has 0 radical (unpaired) electrons. The Hall–Kier alpha value is -3.65. The van der Waals surface area contributed by atoms with E-state index in [-0.39, 0.29) is 65.3 Å². The fourth-order valence-corrected chi connectivity index (χ4v) is 9.54. The van der Waals surface area contributed by atoms with E-state index in [9.17, 15) is 45.0 Å². The lowest BCUT2D eigenvalue weighted by atomic mass is 9.88.